The van der Waals surface area contributed by atoms with Crippen LogP contribution in [0.3, 0.4) is 0 Å². The molecule has 6 heteroatoms. The summed E-state index contributed by atoms with van der Waals surface area (Å²) in [5.41, 5.74) is -0.718. The number of nitrogens with one attached hydrogen (secondary N) is 1. The topological polar surface area (TPSA) is 61.9 Å². The number of amides is 2. The number of hydrogen-bond donors (Lipinski definition) is 1. The second kappa shape index (κ2) is 5.25. The van der Waals surface area contributed by atoms with Crippen molar-refractivity contribution in [2.45, 2.75) is 44.4 Å². The number of morpholine rings is 1. The largest absolute Gasteiger partial charge is 0.374 e. The first kappa shape index (κ1) is 14.8. The van der Waals surface area contributed by atoms with Crippen molar-refractivity contribution in [3.8, 4) is 0 Å². The molecule has 21 heavy (non-hydrogen) atoms. The molecule has 118 valence electrons. The van der Waals surface area contributed by atoms with E-state index in [0.29, 0.717) is 19.1 Å². The van der Waals surface area contributed by atoms with Gasteiger partial charge in [0.25, 0.3) is 0 Å². The molecular weight excluding hydrogens is 270 g/mol. The minimum atomic E-state index is -0.718. The van der Waals surface area contributed by atoms with E-state index in [-0.39, 0.29) is 17.9 Å². The van der Waals surface area contributed by atoms with Crippen LogP contribution in [0.5, 0.6) is 0 Å². The van der Waals surface area contributed by atoms with Gasteiger partial charge in [-0.3, -0.25) is 9.59 Å². The lowest BCUT2D eigenvalue weighted by Crippen LogP contribution is -2.70. The quantitative estimate of drug-likeness (QED) is 0.785. The monoisotopic (exact) mass is 295 g/mol. The highest BCUT2D eigenvalue weighted by molar-refractivity contribution is 5.99. The first-order valence-electron chi connectivity index (χ1n) is 7.85. The molecule has 0 spiro atoms. The zero-order valence-electron chi connectivity index (χ0n) is 13.1. The van der Waals surface area contributed by atoms with Crippen LogP contribution in [-0.2, 0) is 14.3 Å². The number of likely N-dealkylation sites (N-methyl/N-ethyl adjacent to an activating group) is 1. The molecule has 1 saturated carbocycles. The molecule has 2 saturated heterocycles. The average Bonchev–Trinajstić information content (AvgIpc) is 3.26. The van der Waals surface area contributed by atoms with Crippen LogP contribution in [0, 0.1) is 5.92 Å². The van der Waals surface area contributed by atoms with E-state index >= 15 is 0 Å². The first-order chi connectivity index (χ1) is 9.91. The Kier molecular flexibility index (Phi) is 3.69. The molecule has 3 rings (SSSR count). The van der Waals surface area contributed by atoms with Crippen molar-refractivity contribution in [2.75, 3.05) is 33.3 Å². The van der Waals surface area contributed by atoms with E-state index in [9.17, 15) is 9.59 Å². The highest BCUT2D eigenvalue weighted by Gasteiger charge is 2.54. The summed E-state index contributed by atoms with van der Waals surface area (Å²) in [6.07, 6.45) is 2.03. The van der Waals surface area contributed by atoms with Gasteiger partial charge >= 0.3 is 0 Å². The number of carbonyl (C=O) groups excluding carboxylic acids is 2. The molecule has 3 unspecified atom stereocenters. The minimum Gasteiger partial charge on any atom is -0.374 e. The molecule has 0 aromatic rings. The van der Waals surface area contributed by atoms with E-state index in [1.165, 1.54) is 0 Å². The van der Waals surface area contributed by atoms with Gasteiger partial charge in [0, 0.05) is 19.6 Å². The Balaban J connectivity index is 1.74. The lowest BCUT2D eigenvalue weighted by Gasteiger charge is -2.45. The summed E-state index contributed by atoms with van der Waals surface area (Å²) in [7, 11) is 2.05. The van der Waals surface area contributed by atoms with E-state index < -0.39 is 11.6 Å². The van der Waals surface area contributed by atoms with Gasteiger partial charge in [0.1, 0.15) is 11.6 Å². The lowest BCUT2D eigenvalue weighted by molar-refractivity contribution is -0.157. The lowest BCUT2D eigenvalue weighted by atomic mass is 9.89. The smallest absolute Gasteiger partial charge is 0.249 e. The van der Waals surface area contributed by atoms with Crippen LogP contribution in [0.2, 0.25) is 0 Å². The maximum atomic E-state index is 12.9. The summed E-state index contributed by atoms with van der Waals surface area (Å²) >= 11 is 0. The zero-order valence-corrected chi connectivity index (χ0v) is 13.1. The molecule has 2 heterocycles. The summed E-state index contributed by atoms with van der Waals surface area (Å²) in [5.74, 6) is 0.293. The Bertz CT molecular complexity index is 451. The Hall–Kier alpha value is -1.14. The van der Waals surface area contributed by atoms with Gasteiger partial charge in [0.15, 0.2) is 0 Å². The van der Waals surface area contributed by atoms with Crippen molar-refractivity contribution in [3.63, 3.8) is 0 Å². The summed E-state index contributed by atoms with van der Waals surface area (Å²) in [5, 5.41) is 2.95. The second-order valence-electron chi connectivity index (χ2n) is 6.85. The third kappa shape index (κ3) is 2.66. The number of rotatable bonds is 3. The van der Waals surface area contributed by atoms with E-state index in [2.05, 4.69) is 17.3 Å². The summed E-state index contributed by atoms with van der Waals surface area (Å²) in [4.78, 5) is 29.1. The molecule has 3 atom stereocenters. The third-order valence-corrected chi connectivity index (χ3v) is 5.07. The molecule has 1 N–H and O–H groups in total. The van der Waals surface area contributed by atoms with Crippen LogP contribution in [0.15, 0.2) is 0 Å². The number of ether oxygens (including phenoxy) is 1. The van der Waals surface area contributed by atoms with Crippen molar-refractivity contribution in [2.24, 2.45) is 5.92 Å². The Labute approximate surface area is 125 Å². The predicted molar refractivity (Wildman–Crippen MR) is 77.7 cm³/mol. The summed E-state index contributed by atoms with van der Waals surface area (Å²) in [6.45, 7) is 6.58. The van der Waals surface area contributed by atoms with Crippen LogP contribution in [0.1, 0.15) is 26.7 Å². The number of piperazine rings is 1. The van der Waals surface area contributed by atoms with E-state index in [1.807, 2.05) is 6.92 Å². The molecular formula is C15H25N3O3. The average molecular weight is 295 g/mol. The van der Waals surface area contributed by atoms with Crippen LogP contribution >= 0.6 is 0 Å². The molecule has 0 bridgehead atoms. The fourth-order valence-corrected chi connectivity index (χ4v) is 3.40. The van der Waals surface area contributed by atoms with Crippen molar-refractivity contribution >= 4 is 11.8 Å². The first-order valence-corrected chi connectivity index (χ1v) is 7.85. The Morgan fingerprint density at radius 3 is 2.71 bits per heavy atom. The number of carbonyl (C=O) groups is 2. The fraction of sp³-hybridized carbons (Fsp3) is 0.867. The second-order valence-corrected chi connectivity index (χ2v) is 6.85. The van der Waals surface area contributed by atoms with Crippen molar-refractivity contribution in [3.05, 3.63) is 0 Å². The maximum Gasteiger partial charge on any atom is 0.249 e. The summed E-state index contributed by atoms with van der Waals surface area (Å²) in [6, 6.07) is -0.417. The van der Waals surface area contributed by atoms with Crippen molar-refractivity contribution in [1.82, 2.24) is 15.1 Å². The minimum absolute atomic E-state index is 0.00972. The van der Waals surface area contributed by atoms with Gasteiger partial charge in [0.2, 0.25) is 11.8 Å². The van der Waals surface area contributed by atoms with Gasteiger partial charge in [0.05, 0.1) is 12.7 Å². The van der Waals surface area contributed by atoms with Gasteiger partial charge in [-0.15, -0.1) is 0 Å². The number of hydrogen-bond acceptors (Lipinski definition) is 4. The normalized spacial score (nSPS) is 38.5. The highest BCUT2D eigenvalue weighted by atomic mass is 16.5. The predicted octanol–water partition coefficient (Wildman–Crippen LogP) is -0.167. The van der Waals surface area contributed by atoms with Gasteiger partial charge in [-0.1, -0.05) is 0 Å². The Morgan fingerprint density at radius 1 is 1.38 bits per heavy atom. The van der Waals surface area contributed by atoms with Gasteiger partial charge < -0.3 is 19.9 Å². The molecule has 3 aliphatic rings. The molecule has 1 aliphatic carbocycles. The fourth-order valence-electron chi connectivity index (χ4n) is 3.40. The van der Waals surface area contributed by atoms with Gasteiger partial charge in [-0.2, -0.15) is 0 Å². The molecule has 0 aromatic carbocycles. The maximum absolute atomic E-state index is 12.9. The molecule has 2 amide bonds. The van der Waals surface area contributed by atoms with Crippen LogP contribution < -0.4 is 5.32 Å². The van der Waals surface area contributed by atoms with E-state index in [4.69, 9.17) is 4.74 Å². The molecule has 2 aliphatic heterocycles. The molecule has 0 aromatic heterocycles. The molecule has 6 nitrogen and oxygen atoms in total. The highest BCUT2D eigenvalue weighted by Crippen LogP contribution is 2.42. The van der Waals surface area contributed by atoms with E-state index in [1.54, 1.807) is 11.8 Å². The van der Waals surface area contributed by atoms with Crippen molar-refractivity contribution in [1.29, 1.82) is 0 Å². The molecule has 0 radical (unpaired) electrons. The van der Waals surface area contributed by atoms with Crippen molar-refractivity contribution < 1.29 is 14.3 Å². The standard InChI is InChI=1S/C15H25N3O3/c1-10-13(19)16-15(2,11-4-5-11)14(20)18(10)9-12-8-17(3)6-7-21-12/h10-12H,4-9H2,1-3H3,(H,16,19). The Morgan fingerprint density at radius 2 is 2.10 bits per heavy atom. The van der Waals surface area contributed by atoms with Gasteiger partial charge in [-0.25, -0.2) is 0 Å². The third-order valence-electron chi connectivity index (χ3n) is 5.07. The SMILES string of the molecule is CC1C(=O)NC(C)(C2CC2)C(=O)N1CC1CN(C)CCO1. The van der Waals surface area contributed by atoms with Crippen LogP contribution in [-0.4, -0.2) is 72.6 Å². The van der Waals surface area contributed by atoms with E-state index in [0.717, 1.165) is 25.9 Å². The van der Waals surface area contributed by atoms with Crippen LogP contribution in [0.4, 0.5) is 0 Å². The van der Waals surface area contributed by atoms with Crippen LogP contribution in [0.25, 0.3) is 0 Å². The number of nitrogens with zero attached hydrogens (tertiary/aromatic N) is 2. The molecule has 3 fully saturated rings. The summed E-state index contributed by atoms with van der Waals surface area (Å²) < 4.78 is 5.76. The van der Waals surface area contributed by atoms with Gasteiger partial charge in [-0.05, 0) is 39.7 Å². The zero-order chi connectivity index (χ0) is 15.2.